The van der Waals surface area contributed by atoms with Crippen LogP contribution in [0.25, 0.3) is 0 Å². The Kier molecular flexibility index (Phi) is 7.29. The Bertz CT molecular complexity index is 981. The summed E-state index contributed by atoms with van der Waals surface area (Å²) in [6.45, 7) is 4.79. The molecule has 2 aliphatic heterocycles. The van der Waals surface area contributed by atoms with Crippen LogP contribution in [0.1, 0.15) is 32.1 Å². The molecule has 5 rings (SSSR count). The van der Waals surface area contributed by atoms with E-state index in [1.807, 2.05) is 7.11 Å². The average molecular weight is 459 g/mol. The molecule has 2 saturated heterocycles. The molecule has 0 unspecified atom stereocenters. The van der Waals surface area contributed by atoms with Crippen LogP contribution in [0.4, 0.5) is 5.69 Å². The molecule has 2 fully saturated rings. The molecular formula is C29H35N2OP. The van der Waals surface area contributed by atoms with E-state index in [4.69, 9.17) is 4.74 Å². The maximum absolute atomic E-state index is 6.01. The molecule has 0 radical (unpaired) electrons. The number of methoxy groups -OCH3 is 1. The number of anilines is 1. The molecule has 0 amide bonds. The molecule has 0 saturated carbocycles. The standard InChI is InChI=1S/C29H35N2OP/c1-32-27-18-11-19-28(33(25-14-5-2-6-15-25)26-16-7-3-8-17-26)29(27)31-22-12-13-24(31)23-30-20-9-4-10-21-30/h2-3,5-8,11,14-19,24H,4,9-10,12-13,20-23H2,1H3/t24-/m0/s1. The van der Waals surface area contributed by atoms with Crippen molar-refractivity contribution in [1.82, 2.24) is 4.90 Å². The second-order valence-electron chi connectivity index (χ2n) is 9.19. The predicted octanol–water partition coefficient (Wildman–Crippen LogP) is 4.91. The smallest absolute Gasteiger partial charge is 0.142 e. The summed E-state index contributed by atoms with van der Waals surface area (Å²) in [5, 5.41) is 4.19. The first-order valence-electron chi connectivity index (χ1n) is 12.4. The van der Waals surface area contributed by atoms with Gasteiger partial charge in [-0.25, -0.2) is 0 Å². The summed E-state index contributed by atoms with van der Waals surface area (Å²) < 4.78 is 6.01. The lowest BCUT2D eigenvalue weighted by Gasteiger charge is -2.36. The Hall–Kier alpha value is -2.35. The van der Waals surface area contributed by atoms with Crippen LogP contribution in [0.5, 0.6) is 5.75 Å². The minimum Gasteiger partial charge on any atom is -0.495 e. The van der Waals surface area contributed by atoms with Gasteiger partial charge in [0.15, 0.2) is 0 Å². The van der Waals surface area contributed by atoms with Crippen molar-refractivity contribution in [2.45, 2.75) is 38.1 Å². The van der Waals surface area contributed by atoms with Gasteiger partial charge in [-0.3, -0.25) is 0 Å². The van der Waals surface area contributed by atoms with Crippen molar-refractivity contribution in [3.05, 3.63) is 78.9 Å². The predicted molar refractivity (Wildman–Crippen MR) is 142 cm³/mol. The Morgan fingerprint density at radius 3 is 2.06 bits per heavy atom. The Balaban J connectivity index is 1.58. The second kappa shape index (κ2) is 10.7. The van der Waals surface area contributed by atoms with Crippen molar-refractivity contribution in [3.63, 3.8) is 0 Å². The molecule has 3 nitrogen and oxygen atoms in total. The van der Waals surface area contributed by atoms with Gasteiger partial charge in [-0.15, -0.1) is 0 Å². The number of nitrogens with zero attached hydrogens (tertiary/aromatic N) is 2. The Morgan fingerprint density at radius 2 is 1.42 bits per heavy atom. The molecule has 0 N–H and O–H groups in total. The zero-order valence-electron chi connectivity index (χ0n) is 19.7. The number of likely N-dealkylation sites (tertiary alicyclic amines) is 1. The van der Waals surface area contributed by atoms with Gasteiger partial charge < -0.3 is 14.5 Å². The van der Waals surface area contributed by atoms with E-state index in [-0.39, 0.29) is 0 Å². The summed E-state index contributed by atoms with van der Waals surface area (Å²) >= 11 is 0. The second-order valence-corrected chi connectivity index (χ2v) is 11.4. The molecular weight excluding hydrogens is 423 g/mol. The molecule has 2 heterocycles. The van der Waals surface area contributed by atoms with Gasteiger partial charge in [0.05, 0.1) is 12.8 Å². The van der Waals surface area contributed by atoms with Crippen LogP contribution in [0.3, 0.4) is 0 Å². The van der Waals surface area contributed by atoms with Crippen molar-refractivity contribution >= 4 is 29.5 Å². The van der Waals surface area contributed by atoms with Gasteiger partial charge in [-0.2, -0.15) is 0 Å². The van der Waals surface area contributed by atoms with E-state index >= 15 is 0 Å². The first-order chi connectivity index (χ1) is 16.3. The number of benzene rings is 3. The van der Waals surface area contributed by atoms with Crippen LogP contribution >= 0.6 is 7.92 Å². The summed E-state index contributed by atoms with van der Waals surface area (Å²) in [6, 6.07) is 29.3. The normalized spacial score (nSPS) is 19.2. The molecule has 2 aliphatic rings. The highest BCUT2D eigenvalue weighted by atomic mass is 31.1. The SMILES string of the molecule is COc1cccc(P(c2ccccc2)c2ccccc2)c1N1CCC[C@H]1CN1CCCCC1. The van der Waals surface area contributed by atoms with Crippen LogP contribution in [-0.4, -0.2) is 44.2 Å². The monoisotopic (exact) mass is 458 g/mol. The fourth-order valence-electron chi connectivity index (χ4n) is 5.49. The molecule has 4 heteroatoms. The number of ether oxygens (including phenoxy) is 1. The highest BCUT2D eigenvalue weighted by Crippen LogP contribution is 2.42. The number of hydrogen-bond acceptors (Lipinski definition) is 3. The fraction of sp³-hybridized carbons (Fsp3) is 0.379. The van der Waals surface area contributed by atoms with Crippen LogP contribution in [0.2, 0.25) is 0 Å². The molecule has 0 spiro atoms. The highest BCUT2D eigenvalue weighted by molar-refractivity contribution is 7.80. The minimum absolute atomic E-state index is 0.557. The van der Waals surface area contributed by atoms with Crippen molar-refractivity contribution in [1.29, 1.82) is 0 Å². The van der Waals surface area contributed by atoms with Gasteiger partial charge in [0.2, 0.25) is 0 Å². The molecule has 3 aromatic carbocycles. The van der Waals surface area contributed by atoms with Crippen LogP contribution in [0.15, 0.2) is 78.9 Å². The average Bonchev–Trinajstić information content (AvgIpc) is 3.33. The summed E-state index contributed by atoms with van der Waals surface area (Å²) in [5.41, 5.74) is 1.32. The van der Waals surface area contributed by atoms with E-state index in [0.29, 0.717) is 6.04 Å². The molecule has 0 aliphatic carbocycles. The number of rotatable bonds is 7. The molecule has 1 atom stereocenters. The van der Waals surface area contributed by atoms with E-state index in [2.05, 4.69) is 88.7 Å². The lowest BCUT2D eigenvalue weighted by Crippen LogP contribution is -2.44. The lowest BCUT2D eigenvalue weighted by atomic mass is 10.1. The minimum atomic E-state index is -0.679. The van der Waals surface area contributed by atoms with Crippen molar-refractivity contribution in [2.24, 2.45) is 0 Å². The van der Waals surface area contributed by atoms with E-state index in [9.17, 15) is 0 Å². The number of piperidine rings is 1. The summed E-state index contributed by atoms with van der Waals surface area (Å²) in [7, 11) is 1.15. The van der Waals surface area contributed by atoms with Gasteiger partial charge in [0.25, 0.3) is 0 Å². The molecule has 0 bridgehead atoms. The maximum atomic E-state index is 6.01. The maximum Gasteiger partial charge on any atom is 0.142 e. The third-order valence-corrected chi connectivity index (χ3v) is 9.52. The van der Waals surface area contributed by atoms with Crippen molar-refractivity contribution in [2.75, 3.05) is 38.2 Å². The largest absolute Gasteiger partial charge is 0.495 e. The van der Waals surface area contributed by atoms with Crippen molar-refractivity contribution in [3.8, 4) is 5.75 Å². The third kappa shape index (κ3) is 4.95. The summed E-state index contributed by atoms with van der Waals surface area (Å²) in [4.78, 5) is 5.38. The van der Waals surface area contributed by atoms with E-state index < -0.39 is 7.92 Å². The zero-order valence-corrected chi connectivity index (χ0v) is 20.6. The molecule has 0 aromatic heterocycles. The number of para-hydroxylation sites is 1. The topological polar surface area (TPSA) is 15.7 Å². The quantitative estimate of drug-likeness (QED) is 0.468. The van der Waals surface area contributed by atoms with Gasteiger partial charge in [-0.05, 0) is 63.4 Å². The zero-order chi connectivity index (χ0) is 22.5. The van der Waals surface area contributed by atoms with E-state index in [1.54, 1.807) is 0 Å². The van der Waals surface area contributed by atoms with Gasteiger partial charge >= 0.3 is 0 Å². The van der Waals surface area contributed by atoms with Gasteiger partial charge in [-0.1, -0.05) is 79.2 Å². The first kappa shape index (κ1) is 22.4. The van der Waals surface area contributed by atoms with Crippen LogP contribution < -0.4 is 25.6 Å². The summed E-state index contributed by atoms with van der Waals surface area (Å²) in [5.74, 6) is 1.01. The van der Waals surface area contributed by atoms with E-state index in [1.165, 1.54) is 73.3 Å². The van der Waals surface area contributed by atoms with Gasteiger partial charge in [0.1, 0.15) is 5.75 Å². The molecule has 33 heavy (non-hydrogen) atoms. The van der Waals surface area contributed by atoms with Crippen LogP contribution in [-0.2, 0) is 0 Å². The summed E-state index contributed by atoms with van der Waals surface area (Å²) in [6.07, 6.45) is 6.60. The molecule has 172 valence electrons. The number of hydrogen-bond donors (Lipinski definition) is 0. The lowest BCUT2D eigenvalue weighted by molar-refractivity contribution is 0.216. The first-order valence-corrected chi connectivity index (χ1v) is 13.8. The fourth-order valence-corrected chi connectivity index (χ4v) is 7.97. The third-order valence-electron chi connectivity index (χ3n) is 7.05. The van der Waals surface area contributed by atoms with Gasteiger partial charge in [0, 0.05) is 24.4 Å². The molecule has 3 aromatic rings. The van der Waals surface area contributed by atoms with Crippen LogP contribution in [0, 0.1) is 0 Å². The Morgan fingerprint density at radius 1 is 0.758 bits per heavy atom. The van der Waals surface area contributed by atoms with Crippen molar-refractivity contribution < 1.29 is 4.74 Å². The van der Waals surface area contributed by atoms with E-state index in [0.717, 1.165) is 12.3 Å². The highest BCUT2D eigenvalue weighted by Gasteiger charge is 2.33. The Labute approximate surface area is 200 Å².